The van der Waals surface area contributed by atoms with Gasteiger partial charge < -0.3 is 4.57 Å². The minimum atomic E-state index is 0. The third kappa shape index (κ3) is 3.75. The fraction of sp³-hybridized carbons (Fsp3) is 0.0909. The molecule has 2 rings (SSSR count). The highest BCUT2D eigenvalue weighted by Crippen LogP contribution is 2.08. The van der Waals surface area contributed by atoms with Gasteiger partial charge in [0.2, 0.25) is 0 Å². The Morgan fingerprint density at radius 1 is 1.35 bits per heavy atom. The van der Waals surface area contributed by atoms with Crippen molar-refractivity contribution < 1.29 is 4.79 Å². The van der Waals surface area contributed by atoms with Gasteiger partial charge in [0.25, 0.3) is 0 Å². The molecule has 0 saturated heterocycles. The quantitative estimate of drug-likeness (QED) is 0.597. The van der Waals surface area contributed by atoms with E-state index in [1.165, 1.54) is 11.3 Å². The molecule has 2 aromatic rings. The summed E-state index contributed by atoms with van der Waals surface area (Å²) in [6.07, 6.45) is 1.76. The molecule has 0 aliphatic heterocycles. The van der Waals surface area contributed by atoms with Crippen LogP contribution in [0, 0.1) is 8.98 Å². The lowest BCUT2D eigenvalue weighted by atomic mass is 10.1. The monoisotopic (exact) mass is 424 g/mol. The fourth-order valence-corrected chi connectivity index (χ4v) is 2.27. The molecule has 1 aromatic carbocycles. The van der Waals surface area contributed by atoms with Crippen LogP contribution in [0.15, 0.2) is 35.8 Å². The van der Waals surface area contributed by atoms with Crippen LogP contribution in [0.2, 0.25) is 0 Å². The molecule has 1 heterocycles. The lowest BCUT2D eigenvalue weighted by molar-refractivity contribution is 0.0971. The normalized spacial score (nSPS) is 9.71. The number of nitrogens with one attached hydrogen (secondary N) is 1. The summed E-state index contributed by atoms with van der Waals surface area (Å²) in [6, 6.07) is 7.46. The molecule has 90 valence electrons. The molecule has 1 N–H and O–H groups in total. The van der Waals surface area contributed by atoms with Gasteiger partial charge in [0.15, 0.2) is 10.6 Å². The van der Waals surface area contributed by atoms with Crippen LogP contribution in [-0.4, -0.2) is 10.4 Å². The van der Waals surface area contributed by atoms with E-state index in [-0.39, 0.29) is 29.3 Å². The van der Waals surface area contributed by atoms with Crippen molar-refractivity contribution in [2.45, 2.75) is 6.54 Å². The zero-order valence-corrected chi connectivity index (χ0v) is 13.4. The van der Waals surface area contributed by atoms with Crippen molar-refractivity contribution in [2.75, 3.05) is 0 Å². The first-order chi connectivity index (χ1) is 7.66. The molecule has 0 radical (unpaired) electrons. The number of Topliss-reactive ketones (excluding diaryl/α,β-unsaturated/α-hetero) is 1. The van der Waals surface area contributed by atoms with E-state index in [0.717, 1.165) is 3.57 Å². The van der Waals surface area contributed by atoms with Crippen molar-refractivity contribution >= 4 is 56.7 Å². The van der Waals surface area contributed by atoms with Gasteiger partial charge in [-0.3, -0.25) is 10.2 Å². The number of rotatable bonds is 3. The minimum Gasteiger partial charge on any atom is -0.316 e. The average Bonchev–Trinajstić information content (AvgIpc) is 2.65. The molecule has 0 atom stereocenters. The summed E-state index contributed by atoms with van der Waals surface area (Å²) < 4.78 is 2.75. The third-order valence-corrected chi connectivity index (χ3v) is 3.60. The predicted octanol–water partition coefficient (Wildman–Crippen LogP) is 3.09. The summed E-state index contributed by atoms with van der Waals surface area (Å²) in [5.74, 6) is 0.0355. The maximum Gasteiger partial charge on any atom is 0.182 e. The summed E-state index contributed by atoms with van der Waals surface area (Å²) >= 11 is 3.52. The highest BCUT2D eigenvalue weighted by molar-refractivity contribution is 14.1. The Hall–Kier alpha value is -0.470. The van der Waals surface area contributed by atoms with Crippen LogP contribution in [0.4, 0.5) is 0 Å². The predicted molar refractivity (Wildman–Crippen MR) is 82.0 cm³/mol. The van der Waals surface area contributed by atoms with Gasteiger partial charge in [0, 0.05) is 20.7 Å². The molecule has 0 unspecified atom stereocenters. The molecule has 1 aromatic heterocycles. The number of benzene rings is 1. The molecule has 3 nitrogen and oxygen atoms in total. The van der Waals surface area contributed by atoms with E-state index < -0.39 is 0 Å². The first-order valence-corrected chi connectivity index (χ1v) is 6.60. The van der Waals surface area contributed by atoms with E-state index >= 15 is 0 Å². The van der Waals surface area contributed by atoms with E-state index in [1.54, 1.807) is 10.8 Å². The second-order valence-electron chi connectivity index (χ2n) is 3.27. The molecule has 17 heavy (non-hydrogen) atoms. The van der Waals surface area contributed by atoms with E-state index in [0.29, 0.717) is 10.4 Å². The molecular formula is C11H10BrIN2OS. The highest BCUT2D eigenvalue weighted by Gasteiger charge is 2.06. The van der Waals surface area contributed by atoms with Gasteiger partial charge in [-0.1, -0.05) is 12.1 Å². The standard InChI is InChI=1S/C11H9IN2OS.BrH/c12-9-3-1-8(2-4-9)10(15)7-14-5-6-16-11(14)13;/h1-6,13H,7H2;1H. The van der Waals surface area contributed by atoms with E-state index in [4.69, 9.17) is 5.41 Å². The molecule has 6 heteroatoms. The molecule has 0 fully saturated rings. The first kappa shape index (κ1) is 14.6. The first-order valence-electron chi connectivity index (χ1n) is 4.64. The van der Waals surface area contributed by atoms with E-state index in [2.05, 4.69) is 22.6 Å². The largest absolute Gasteiger partial charge is 0.316 e. The maximum absolute atomic E-state index is 11.9. The summed E-state index contributed by atoms with van der Waals surface area (Å²) in [5, 5.41) is 9.38. The van der Waals surface area contributed by atoms with E-state index in [9.17, 15) is 4.79 Å². The molecule has 0 saturated carbocycles. The Balaban J connectivity index is 0.00000144. The topological polar surface area (TPSA) is 45.9 Å². The molecular weight excluding hydrogens is 415 g/mol. The number of carbonyl (C=O) groups excluding carboxylic acids is 1. The van der Waals surface area contributed by atoms with Crippen molar-refractivity contribution in [3.63, 3.8) is 0 Å². The van der Waals surface area contributed by atoms with Gasteiger partial charge in [0.1, 0.15) is 0 Å². The van der Waals surface area contributed by atoms with Gasteiger partial charge in [-0.2, -0.15) is 0 Å². The molecule has 0 aliphatic rings. The van der Waals surface area contributed by atoms with Crippen molar-refractivity contribution in [2.24, 2.45) is 0 Å². The molecule has 0 bridgehead atoms. The van der Waals surface area contributed by atoms with Crippen LogP contribution < -0.4 is 4.80 Å². The molecule has 0 spiro atoms. The highest BCUT2D eigenvalue weighted by atomic mass is 127. The number of carbonyl (C=O) groups is 1. The second-order valence-corrected chi connectivity index (χ2v) is 5.41. The Morgan fingerprint density at radius 3 is 2.53 bits per heavy atom. The Morgan fingerprint density at radius 2 is 2.00 bits per heavy atom. The average molecular weight is 425 g/mol. The number of halogens is 2. The van der Waals surface area contributed by atoms with Gasteiger partial charge in [0.05, 0.1) is 6.54 Å². The van der Waals surface area contributed by atoms with Gasteiger partial charge in [-0.05, 0) is 34.7 Å². The van der Waals surface area contributed by atoms with Gasteiger partial charge in [-0.15, -0.1) is 28.3 Å². The summed E-state index contributed by atoms with van der Waals surface area (Å²) in [7, 11) is 0. The smallest absolute Gasteiger partial charge is 0.182 e. The summed E-state index contributed by atoms with van der Waals surface area (Å²) in [6.45, 7) is 0.239. The van der Waals surface area contributed by atoms with Crippen molar-refractivity contribution in [1.82, 2.24) is 4.57 Å². The summed E-state index contributed by atoms with van der Waals surface area (Å²) in [5.41, 5.74) is 0.693. The zero-order chi connectivity index (χ0) is 11.5. The Labute approximate surface area is 127 Å². The number of aromatic nitrogens is 1. The number of thiazole rings is 1. The third-order valence-electron chi connectivity index (χ3n) is 2.16. The van der Waals surface area contributed by atoms with Crippen molar-refractivity contribution in [3.8, 4) is 0 Å². The summed E-state index contributed by atoms with van der Waals surface area (Å²) in [4.78, 5) is 12.3. The van der Waals surface area contributed by atoms with Crippen molar-refractivity contribution in [3.05, 3.63) is 49.8 Å². The maximum atomic E-state index is 11.9. The number of ketones is 1. The van der Waals surface area contributed by atoms with Crippen LogP contribution in [-0.2, 0) is 6.54 Å². The Bertz CT molecular complexity index is 561. The van der Waals surface area contributed by atoms with Crippen LogP contribution in [0.3, 0.4) is 0 Å². The zero-order valence-electron chi connectivity index (χ0n) is 8.72. The SMILES string of the molecule is Br.N=c1sccn1CC(=O)c1ccc(I)cc1. The number of hydrogen-bond acceptors (Lipinski definition) is 3. The van der Waals surface area contributed by atoms with Gasteiger partial charge in [-0.25, -0.2) is 0 Å². The van der Waals surface area contributed by atoms with Crippen LogP contribution in [0.5, 0.6) is 0 Å². The van der Waals surface area contributed by atoms with Gasteiger partial charge >= 0.3 is 0 Å². The fourth-order valence-electron chi connectivity index (χ4n) is 1.31. The van der Waals surface area contributed by atoms with E-state index in [1.807, 2.05) is 29.6 Å². The van der Waals surface area contributed by atoms with Crippen LogP contribution in [0.1, 0.15) is 10.4 Å². The number of nitrogens with zero attached hydrogens (tertiary/aromatic N) is 1. The minimum absolute atomic E-state index is 0. The van der Waals surface area contributed by atoms with Crippen LogP contribution in [0.25, 0.3) is 0 Å². The lowest BCUT2D eigenvalue weighted by Crippen LogP contribution is -2.18. The Kier molecular flexibility index (Phi) is 5.54. The molecule has 0 aliphatic carbocycles. The van der Waals surface area contributed by atoms with Crippen LogP contribution >= 0.6 is 50.9 Å². The number of hydrogen-bond donors (Lipinski definition) is 1. The second kappa shape index (κ2) is 6.46. The lowest BCUT2D eigenvalue weighted by Gasteiger charge is -2.02. The molecule has 0 amide bonds. The van der Waals surface area contributed by atoms with Crippen molar-refractivity contribution in [1.29, 1.82) is 5.41 Å².